The molecule has 8 nitrogen and oxygen atoms in total. The first-order chi connectivity index (χ1) is 14.7. The molecule has 0 saturated heterocycles. The van der Waals surface area contributed by atoms with E-state index in [1.54, 1.807) is 12.4 Å². The number of fused-ring (bicyclic) bond motifs is 1. The lowest BCUT2D eigenvalue weighted by Gasteiger charge is -2.22. The van der Waals surface area contributed by atoms with Crippen LogP contribution in [0.15, 0.2) is 47.9 Å². The van der Waals surface area contributed by atoms with Crippen molar-refractivity contribution < 1.29 is 13.6 Å². The molecule has 0 amide bonds. The first-order valence-electron chi connectivity index (χ1n) is 9.98. The zero-order valence-electron chi connectivity index (χ0n) is 17.7. The first kappa shape index (κ1) is 21.2. The van der Waals surface area contributed by atoms with Crippen LogP contribution in [0.3, 0.4) is 0 Å². The molecule has 31 heavy (non-hydrogen) atoms. The van der Waals surface area contributed by atoms with Crippen LogP contribution in [0.4, 0.5) is 0 Å². The second-order valence-electron chi connectivity index (χ2n) is 8.44. The van der Waals surface area contributed by atoms with Crippen molar-refractivity contribution in [3.8, 4) is 22.5 Å². The number of hydrogen-bond acceptors (Lipinski definition) is 6. The van der Waals surface area contributed by atoms with Gasteiger partial charge in [-0.25, -0.2) is 18.1 Å². The summed E-state index contributed by atoms with van der Waals surface area (Å²) in [5.41, 5.74) is 5.74. The molecule has 4 rings (SSSR count). The number of sulfonamides is 1. The zero-order valence-corrected chi connectivity index (χ0v) is 18.5. The van der Waals surface area contributed by atoms with Crippen molar-refractivity contribution in [2.24, 2.45) is 5.16 Å². The number of nitrogens with one attached hydrogen (secondary N) is 2. The van der Waals surface area contributed by atoms with Gasteiger partial charge in [0, 0.05) is 41.0 Å². The molecule has 1 aliphatic rings. The summed E-state index contributed by atoms with van der Waals surface area (Å²) in [6.45, 7) is 4.10. The molecule has 0 radical (unpaired) electrons. The summed E-state index contributed by atoms with van der Waals surface area (Å²) in [5, 5.41) is 12.6. The molecular weight excluding hydrogens is 414 g/mol. The van der Waals surface area contributed by atoms with Crippen molar-refractivity contribution in [2.45, 2.75) is 32.1 Å². The van der Waals surface area contributed by atoms with Crippen LogP contribution >= 0.6 is 0 Å². The highest BCUT2D eigenvalue weighted by atomic mass is 32.2. The summed E-state index contributed by atoms with van der Waals surface area (Å²) in [5.74, 6) is 0.684. The third kappa shape index (κ3) is 4.38. The Balaban J connectivity index is 1.80. The normalized spacial score (nSPS) is 15.4. The number of rotatable bonds is 6. The summed E-state index contributed by atoms with van der Waals surface area (Å²) in [4.78, 5) is 12.4. The number of aromatic amines is 1. The van der Waals surface area contributed by atoms with Crippen LogP contribution < -0.4 is 4.72 Å². The third-order valence-electron chi connectivity index (χ3n) is 5.53. The molecule has 1 aliphatic carbocycles. The Morgan fingerprint density at radius 2 is 1.90 bits per heavy atom. The lowest BCUT2D eigenvalue weighted by atomic mass is 9.93. The molecule has 9 heteroatoms. The van der Waals surface area contributed by atoms with Gasteiger partial charge in [0.1, 0.15) is 5.82 Å². The van der Waals surface area contributed by atoms with E-state index in [1.165, 1.54) is 0 Å². The van der Waals surface area contributed by atoms with Gasteiger partial charge in [-0.15, -0.1) is 0 Å². The fraction of sp³-hybridized carbons (Fsp3) is 0.318. The lowest BCUT2D eigenvalue weighted by molar-refractivity contribution is 0.318. The van der Waals surface area contributed by atoms with E-state index in [1.807, 2.05) is 38.1 Å². The summed E-state index contributed by atoms with van der Waals surface area (Å²) in [6, 6.07) is 9.84. The minimum absolute atomic E-state index is 0.217. The Labute approximate surface area is 181 Å². The topological polar surface area (TPSA) is 120 Å². The Kier molecular flexibility index (Phi) is 5.40. The van der Waals surface area contributed by atoms with Gasteiger partial charge < -0.3 is 10.2 Å². The largest absolute Gasteiger partial charge is 0.411 e. The summed E-state index contributed by atoms with van der Waals surface area (Å²) < 4.78 is 25.8. The van der Waals surface area contributed by atoms with Gasteiger partial charge in [0.05, 0.1) is 23.4 Å². The van der Waals surface area contributed by atoms with Crippen LogP contribution in [0.1, 0.15) is 37.2 Å². The molecule has 0 spiro atoms. The number of pyridine rings is 1. The van der Waals surface area contributed by atoms with Crippen LogP contribution in [-0.2, 0) is 21.9 Å². The third-order valence-corrected chi connectivity index (χ3v) is 6.20. The quantitative estimate of drug-likeness (QED) is 0.403. The van der Waals surface area contributed by atoms with Crippen molar-refractivity contribution in [3.05, 3.63) is 59.7 Å². The molecular formula is C22H25N5O3S. The molecule has 1 aromatic carbocycles. The number of imidazole rings is 1. The van der Waals surface area contributed by atoms with E-state index in [2.05, 4.69) is 25.9 Å². The Bertz CT molecular complexity index is 1250. The molecule has 0 aliphatic heterocycles. The van der Waals surface area contributed by atoms with Gasteiger partial charge >= 0.3 is 0 Å². The van der Waals surface area contributed by atoms with Crippen molar-refractivity contribution in [1.82, 2.24) is 19.7 Å². The van der Waals surface area contributed by atoms with Gasteiger partial charge in [0.15, 0.2) is 0 Å². The number of hydrogen-bond donors (Lipinski definition) is 3. The average molecular weight is 440 g/mol. The summed E-state index contributed by atoms with van der Waals surface area (Å²) >= 11 is 0. The molecule has 162 valence electrons. The molecule has 0 bridgehead atoms. The van der Waals surface area contributed by atoms with Crippen LogP contribution in [0.2, 0.25) is 0 Å². The van der Waals surface area contributed by atoms with E-state index in [-0.39, 0.29) is 6.54 Å². The van der Waals surface area contributed by atoms with Crippen LogP contribution in [0, 0.1) is 0 Å². The van der Waals surface area contributed by atoms with Crippen LogP contribution in [0.25, 0.3) is 22.5 Å². The molecule has 2 aromatic heterocycles. The highest BCUT2D eigenvalue weighted by molar-refractivity contribution is 7.88. The standard InChI is InChI=1S/C22H25N5O3S/c1-22(2,13-24-31(3,29)30)21-25-19(14-8-10-23-11-9-14)20(26-21)16-4-6-17-15(12-16)5-7-18(17)27-28/h4,6,8-12,24,28H,5,7,13H2,1-3H3,(H,25,26)/b27-18+. The molecule has 0 unspecified atom stereocenters. The predicted molar refractivity (Wildman–Crippen MR) is 120 cm³/mol. The lowest BCUT2D eigenvalue weighted by Crippen LogP contribution is -2.36. The van der Waals surface area contributed by atoms with Gasteiger partial charge in [-0.1, -0.05) is 31.1 Å². The van der Waals surface area contributed by atoms with Crippen molar-refractivity contribution in [1.29, 1.82) is 0 Å². The second kappa shape index (κ2) is 7.90. The minimum Gasteiger partial charge on any atom is -0.411 e. The predicted octanol–water partition coefficient (Wildman–Crippen LogP) is 3.09. The van der Waals surface area contributed by atoms with Gasteiger partial charge in [-0.05, 0) is 36.6 Å². The summed E-state index contributed by atoms with van der Waals surface area (Å²) in [7, 11) is -3.32. The molecule has 0 saturated carbocycles. The van der Waals surface area contributed by atoms with E-state index >= 15 is 0 Å². The molecule has 2 heterocycles. The van der Waals surface area contributed by atoms with E-state index in [0.29, 0.717) is 18.0 Å². The Hall–Kier alpha value is -3.04. The number of H-pyrrole nitrogens is 1. The smallest absolute Gasteiger partial charge is 0.208 e. The van der Waals surface area contributed by atoms with E-state index in [4.69, 9.17) is 4.98 Å². The fourth-order valence-corrected chi connectivity index (χ4v) is 4.37. The highest BCUT2D eigenvalue weighted by Crippen LogP contribution is 2.35. The fourth-order valence-electron chi connectivity index (χ4n) is 3.75. The number of nitrogens with zero attached hydrogens (tertiary/aromatic N) is 3. The molecule has 3 N–H and O–H groups in total. The van der Waals surface area contributed by atoms with Gasteiger partial charge in [-0.3, -0.25) is 4.98 Å². The number of aryl methyl sites for hydroxylation is 1. The number of oxime groups is 1. The van der Waals surface area contributed by atoms with Crippen molar-refractivity contribution in [2.75, 3.05) is 12.8 Å². The van der Waals surface area contributed by atoms with E-state index in [0.717, 1.165) is 46.3 Å². The monoisotopic (exact) mass is 439 g/mol. The molecule has 0 atom stereocenters. The maximum absolute atomic E-state index is 11.6. The highest BCUT2D eigenvalue weighted by Gasteiger charge is 2.28. The van der Waals surface area contributed by atoms with Crippen molar-refractivity contribution in [3.63, 3.8) is 0 Å². The average Bonchev–Trinajstić information content (AvgIpc) is 3.37. The van der Waals surface area contributed by atoms with Crippen LogP contribution in [-0.4, -0.2) is 47.1 Å². The van der Waals surface area contributed by atoms with E-state index < -0.39 is 15.4 Å². The van der Waals surface area contributed by atoms with Gasteiger partial charge in [0.25, 0.3) is 0 Å². The number of aromatic nitrogens is 3. The van der Waals surface area contributed by atoms with Gasteiger partial charge in [0.2, 0.25) is 10.0 Å². The number of benzene rings is 1. The maximum Gasteiger partial charge on any atom is 0.208 e. The SMILES string of the molecule is CC(C)(CNS(C)(=O)=O)c1nc(-c2ccc3c(c2)CC/C3=N\O)c(-c2ccncc2)[nH]1. The van der Waals surface area contributed by atoms with Crippen LogP contribution in [0.5, 0.6) is 0 Å². The second-order valence-corrected chi connectivity index (χ2v) is 10.3. The maximum atomic E-state index is 11.6. The first-order valence-corrected chi connectivity index (χ1v) is 11.9. The Morgan fingerprint density at radius 3 is 2.58 bits per heavy atom. The zero-order chi connectivity index (χ0) is 22.2. The van der Waals surface area contributed by atoms with Gasteiger partial charge in [-0.2, -0.15) is 0 Å². The Morgan fingerprint density at radius 1 is 1.16 bits per heavy atom. The minimum atomic E-state index is -3.32. The van der Waals surface area contributed by atoms with E-state index in [9.17, 15) is 13.6 Å². The summed E-state index contributed by atoms with van der Waals surface area (Å²) in [6.07, 6.45) is 6.12. The molecule has 3 aromatic rings. The van der Waals surface area contributed by atoms with Crippen molar-refractivity contribution >= 4 is 15.7 Å². The molecule has 0 fully saturated rings.